The van der Waals surface area contributed by atoms with E-state index in [2.05, 4.69) is 4.74 Å². The highest BCUT2D eigenvalue weighted by Crippen LogP contribution is 2.12. The van der Waals surface area contributed by atoms with Gasteiger partial charge >= 0.3 is 5.97 Å². The maximum atomic E-state index is 11.2. The highest BCUT2D eigenvalue weighted by atomic mass is 16.5. The number of esters is 1. The molecule has 0 saturated heterocycles. The van der Waals surface area contributed by atoms with Gasteiger partial charge in [0.2, 0.25) is 0 Å². The van der Waals surface area contributed by atoms with Crippen LogP contribution >= 0.6 is 0 Å². The molecule has 0 unspecified atom stereocenters. The van der Waals surface area contributed by atoms with Crippen molar-refractivity contribution in [1.29, 1.82) is 0 Å². The van der Waals surface area contributed by atoms with Crippen LogP contribution in [0.25, 0.3) is 6.08 Å². The lowest BCUT2D eigenvalue weighted by atomic mass is 10.1. The highest BCUT2D eigenvalue weighted by Gasteiger charge is 2.05. The van der Waals surface area contributed by atoms with Crippen LogP contribution in [-0.4, -0.2) is 24.0 Å². The first-order chi connectivity index (χ1) is 7.61. The van der Waals surface area contributed by atoms with Crippen LogP contribution in [0.1, 0.15) is 12.0 Å². The Labute approximate surface area is 93.2 Å². The van der Waals surface area contributed by atoms with Crippen LogP contribution in [-0.2, 0) is 14.3 Å². The van der Waals surface area contributed by atoms with Gasteiger partial charge in [-0.1, -0.05) is 18.2 Å². The Bertz CT molecular complexity index is 421. The maximum Gasteiger partial charge on any atom is 0.313 e. The third-order valence-corrected chi connectivity index (χ3v) is 1.88. The number of phenolic OH excluding ortho intramolecular Hbond substituents is 1. The molecule has 0 saturated carbocycles. The Kier molecular flexibility index (Phi) is 4.27. The van der Waals surface area contributed by atoms with E-state index in [0.29, 0.717) is 5.56 Å². The second-order valence-corrected chi connectivity index (χ2v) is 3.15. The lowest BCUT2D eigenvalue weighted by molar-refractivity contribution is -0.142. The van der Waals surface area contributed by atoms with Gasteiger partial charge in [0.25, 0.3) is 0 Å². The van der Waals surface area contributed by atoms with Crippen molar-refractivity contribution < 1.29 is 19.4 Å². The van der Waals surface area contributed by atoms with Crippen LogP contribution in [0.2, 0.25) is 0 Å². The molecule has 1 aromatic rings. The number of ketones is 1. The summed E-state index contributed by atoms with van der Waals surface area (Å²) < 4.78 is 4.36. The number of allylic oxidation sites excluding steroid dienone is 1. The molecule has 0 aromatic heterocycles. The predicted octanol–water partition coefficient (Wildman–Crippen LogP) is 1.54. The van der Waals surface area contributed by atoms with Gasteiger partial charge in [-0.15, -0.1) is 0 Å². The fourth-order valence-electron chi connectivity index (χ4n) is 1.09. The van der Waals surface area contributed by atoms with Crippen molar-refractivity contribution in [2.75, 3.05) is 7.11 Å². The van der Waals surface area contributed by atoms with Crippen molar-refractivity contribution in [3.8, 4) is 5.75 Å². The zero-order valence-corrected chi connectivity index (χ0v) is 8.84. The van der Waals surface area contributed by atoms with Crippen molar-refractivity contribution in [3.05, 3.63) is 35.9 Å². The zero-order valence-electron chi connectivity index (χ0n) is 8.84. The smallest absolute Gasteiger partial charge is 0.313 e. The summed E-state index contributed by atoms with van der Waals surface area (Å²) in [5, 5.41) is 9.17. The second kappa shape index (κ2) is 5.70. The molecule has 0 amide bonds. The van der Waals surface area contributed by atoms with Crippen LogP contribution in [0.15, 0.2) is 30.3 Å². The average molecular weight is 220 g/mol. The predicted molar refractivity (Wildman–Crippen MR) is 58.8 cm³/mol. The van der Waals surface area contributed by atoms with Gasteiger partial charge < -0.3 is 9.84 Å². The summed E-state index contributed by atoms with van der Waals surface area (Å²) in [5.41, 5.74) is 0.693. The van der Waals surface area contributed by atoms with Crippen LogP contribution in [0, 0.1) is 0 Å². The lowest BCUT2D eigenvalue weighted by Crippen LogP contribution is -2.06. The second-order valence-electron chi connectivity index (χ2n) is 3.15. The van der Waals surface area contributed by atoms with Gasteiger partial charge in [0.1, 0.15) is 12.2 Å². The summed E-state index contributed by atoms with van der Waals surface area (Å²) in [5.74, 6) is -0.775. The third kappa shape index (κ3) is 3.96. The number of rotatable bonds is 4. The molecule has 0 heterocycles. The van der Waals surface area contributed by atoms with E-state index in [0.717, 1.165) is 0 Å². The van der Waals surface area contributed by atoms with Crippen molar-refractivity contribution in [2.24, 2.45) is 0 Å². The van der Waals surface area contributed by atoms with Gasteiger partial charge in [0, 0.05) is 0 Å². The first-order valence-corrected chi connectivity index (χ1v) is 4.68. The molecule has 0 bridgehead atoms. The van der Waals surface area contributed by atoms with E-state index in [9.17, 15) is 9.59 Å². The van der Waals surface area contributed by atoms with Crippen LogP contribution < -0.4 is 0 Å². The number of benzene rings is 1. The van der Waals surface area contributed by atoms with E-state index in [4.69, 9.17) is 5.11 Å². The number of carbonyl (C=O) groups is 2. The monoisotopic (exact) mass is 220 g/mol. The maximum absolute atomic E-state index is 11.2. The molecule has 4 heteroatoms. The minimum Gasteiger partial charge on any atom is -0.508 e. The quantitative estimate of drug-likeness (QED) is 0.475. The fraction of sp³-hybridized carbons (Fsp3) is 0.167. The van der Waals surface area contributed by atoms with Crippen molar-refractivity contribution in [1.82, 2.24) is 0 Å². The molecule has 0 aliphatic carbocycles. The SMILES string of the molecule is COC(=O)CC(=O)C=Cc1cccc(O)c1. The topological polar surface area (TPSA) is 63.6 Å². The molecular weight excluding hydrogens is 208 g/mol. The Morgan fingerprint density at radius 3 is 2.81 bits per heavy atom. The first kappa shape index (κ1) is 12.0. The van der Waals surface area contributed by atoms with E-state index >= 15 is 0 Å². The van der Waals surface area contributed by atoms with Crippen LogP contribution in [0.4, 0.5) is 0 Å². The van der Waals surface area contributed by atoms with Gasteiger partial charge in [0.15, 0.2) is 5.78 Å². The Balaban J connectivity index is 2.60. The molecule has 0 aliphatic heterocycles. The standard InChI is InChI=1S/C12H12O4/c1-16-12(15)8-11(14)6-5-9-3-2-4-10(13)7-9/h2-7,13H,8H2,1H3. The van der Waals surface area contributed by atoms with Gasteiger partial charge in [-0.25, -0.2) is 0 Å². The van der Waals surface area contributed by atoms with Gasteiger partial charge in [-0.05, 0) is 23.8 Å². The van der Waals surface area contributed by atoms with E-state index in [1.165, 1.54) is 31.4 Å². The number of ether oxygens (including phenoxy) is 1. The van der Waals surface area contributed by atoms with Gasteiger partial charge in [-0.3, -0.25) is 9.59 Å². The van der Waals surface area contributed by atoms with E-state index < -0.39 is 5.97 Å². The van der Waals surface area contributed by atoms with Crippen molar-refractivity contribution in [2.45, 2.75) is 6.42 Å². The molecule has 0 spiro atoms. The number of methoxy groups -OCH3 is 1. The molecular formula is C12H12O4. The Hall–Kier alpha value is -2.10. The summed E-state index contributed by atoms with van der Waals surface area (Å²) in [6, 6.07) is 6.46. The molecule has 84 valence electrons. The van der Waals surface area contributed by atoms with Crippen molar-refractivity contribution >= 4 is 17.8 Å². The molecule has 0 aliphatic rings. The van der Waals surface area contributed by atoms with Crippen LogP contribution in [0.3, 0.4) is 0 Å². The number of hydrogen-bond acceptors (Lipinski definition) is 4. The third-order valence-electron chi connectivity index (χ3n) is 1.88. The fourth-order valence-corrected chi connectivity index (χ4v) is 1.09. The zero-order chi connectivity index (χ0) is 12.0. The van der Waals surface area contributed by atoms with Gasteiger partial charge in [-0.2, -0.15) is 0 Å². The molecule has 1 rings (SSSR count). The molecule has 4 nitrogen and oxygen atoms in total. The minimum absolute atomic E-state index is 0.127. The largest absolute Gasteiger partial charge is 0.508 e. The molecule has 1 aromatic carbocycles. The Morgan fingerprint density at radius 1 is 1.44 bits per heavy atom. The number of hydrogen-bond donors (Lipinski definition) is 1. The molecule has 16 heavy (non-hydrogen) atoms. The number of phenols is 1. The van der Waals surface area contributed by atoms with Gasteiger partial charge in [0.05, 0.1) is 7.11 Å². The molecule has 0 radical (unpaired) electrons. The molecule has 1 N–H and O–H groups in total. The minimum atomic E-state index is -0.564. The average Bonchev–Trinajstić information content (AvgIpc) is 2.26. The van der Waals surface area contributed by atoms with E-state index in [1.807, 2.05) is 0 Å². The summed E-state index contributed by atoms with van der Waals surface area (Å²) in [4.78, 5) is 22.0. The summed E-state index contributed by atoms with van der Waals surface area (Å²) in [7, 11) is 1.23. The van der Waals surface area contributed by atoms with Crippen LogP contribution in [0.5, 0.6) is 5.75 Å². The normalized spacial score (nSPS) is 10.3. The number of aromatic hydroxyl groups is 1. The lowest BCUT2D eigenvalue weighted by Gasteiger charge is -1.95. The summed E-state index contributed by atoms with van der Waals surface area (Å²) >= 11 is 0. The first-order valence-electron chi connectivity index (χ1n) is 4.68. The number of carbonyl (C=O) groups excluding carboxylic acids is 2. The van der Waals surface area contributed by atoms with E-state index in [1.54, 1.807) is 12.1 Å². The summed E-state index contributed by atoms with van der Waals surface area (Å²) in [6.07, 6.45) is 2.54. The molecule has 0 atom stereocenters. The highest BCUT2D eigenvalue weighted by molar-refractivity contribution is 6.03. The summed E-state index contributed by atoms with van der Waals surface area (Å²) in [6.45, 7) is 0. The van der Waals surface area contributed by atoms with E-state index in [-0.39, 0.29) is 18.0 Å². The Morgan fingerprint density at radius 2 is 2.19 bits per heavy atom. The molecule has 0 fully saturated rings. The van der Waals surface area contributed by atoms with Crippen molar-refractivity contribution in [3.63, 3.8) is 0 Å².